The Kier molecular flexibility index (Phi) is 5.27. The number of hydrogen-bond donors (Lipinski definition) is 1. The molecule has 1 aromatic rings. The summed E-state index contributed by atoms with van der Waals surface area (Å²) in [5.74, 6) is -0.673. The van der Waals surface area contributed by atoms with Gasteiger partial charge >= 0.3 is 5.69 Å². The quantitative estimate of drug-likeness (QED) is 0.639. The maximum absolute atomic E-state index is 13.4. The molecule has 0 aliphatic heterocycles. The van der Waals surface area contributed by atoms with Gasteiger partial charge in [0.15, 0.2) is 4.90 Å². The van der Waals surface area contributed by atoms with Crippen LogP contribution in [0.4, 0.5) is 10.1 Å². The second kappa shape index (κ2) is 6.31. The molecule has 1 aromatic carbocycles. The SMILES string of the molecule is CSCC(C)NS(=O)(=O)c1cccc(F)c1[N+](=O)[O-]. The van der Waals surface area contributed by atoms with Crippen LogP contribution < -0.4 is 4.72 Å². The van der Waals surface area contributed by atoms with Gasteiger partial charge in [0.25, 0.3) is 0 Å². The van der Waals surface area contributed by atoms with Crippen molar-refractivity contribution in [3.8, 4) is 0 Å². The van der Waals surface area contributed by atoms with Crippen LogP contribution in [0.1, 0.15) is 6.92 Å². The Labute approximate surface area is 114 Å². The Balaban J connectivity index is 3.22. The summed E-state index contributed by atoms with van der Waals surface area (Å²) >= 11 is 1.42. The fraction of sp³-hybridized carbons (Fsp3) is 0.400. The van der Waals surface area contributed by atoms with Crippen molar-refractivity contribution >= 4 is 27.5 Å². The van der Waals surface area contributed by atoms with Crippen molar-refractivity contribution < 1.29 is 17.7 Å². The summed E-state index contributed by atoms with van der Waals surface area (Å²) in [5, 5.41) is 10.8. The highest BCUT2D eigenvalue weighted by Crippen LogP contribution is 2.26. The monoisotopic (exact) mass is 308 g/mol. The first-order valence-electron chi connectivity index (χ1n) is 5.23. The van der Waals surface area contributed by atoms with Crippen molar-refractivity contribution in [2.75, 3.05) is 12.0 Å². The van der Waals surface area contributed by atoms with E-state index < -0.39 is 37.4 Å². The van der Waals surface area contributed by atoms with E-state index in [0.29, 0.717) is 5.75 Å². The van der Waals surface area contributed by atoms with E-state index in [-0.39, 0.29) is 0 Å². The number of nitrogens with one attached hydrogen (secondary N) is 1. The summed E-state index contributed by atoms with van der Waals surface area (Å²) in [4.78, 5) is 9.07. The average molecular weight is 308 g/mol. The molecular weight excluding hydrogens is 295 g/mol. The molecule has 106 valence electrons. The number of thioether (sulfide) groups is 1. The molecule has 9 heteroatoms. The minimum Gasteiger partial charge on any atom is -0.258 e. The summed E-state index contributed by atoms with van der Waals surface area (Å²) in [6.07, 6.45) is 1.80. The molecular formula is C10H13FN2O4S2. The zero-order chi connectivity index (χ0) is 14.6. The van der Waals surface area contributed by atoms with E-state index >= 15 is 0 Å². The lowest BCUT2D eigenvalue weighted by atomic mass is 10.3. The first kappa shape index (κ1) is 15.9. The van der Waals surface area contributed by atoms with Crippen molar-refractivity contribution in [1.29, 1.82) is 0 Å². The van der Waals surface area contributed by atoms with Gasteiger partial charge in [-0.05, 0) is 25.3 Å². The molecule has 1 unspecified atom stereocenters. The second-order valence-corrected chi connectivity index (χ2v) is 6.41. The number of hydrogen-bond acceptors (Lipinski definition) is 5. The van der Waals surface area contributed by atoms with Gasteiger partial charge in [-0.25, -0.2) is 13.1 Å². The van der Waals surface area contributed by atoms with Crippen LogP contribution in [-0.2, 0) is 10.0 Å². The minimum absolute atomic E-state index is 0.414. The number of benzene rings is 1. The van der Waals surface area contributed by atoms with Crippen LogP contribution in [0.15, 0.2) is 23.1 Å². The summed E-state index contributed by atoms with van der Waals surface area (Å²) < 4.78 is 39.7. The normalized spacial score (nSPS) is 13.2. The third-order valence-electron chi connectivity index (χ3n) is 2.19. The molecule has 1 atom stereocenters. The van der Waals surface area contributed by atoms with Crippen LogP contribution in [0, 0.1) is 15.9 Å². The zero-order valence-electron chi connectivity index (χ0n) is 10.3. The molecule has 0 spiro atoms. The Morgan fingerprint density at radius 1 is 1.53 bits per heavy atom. The molecule has 1 rings (SSSR count). The molecule has 6 nitrogen and oxygen atoms in total. The number of para-hydroxylation sites is 1. The van der Waals surface area contributed by atoms with Crippen LogP contribution in [0.3, 0.4) is 0 Å². The molecule has 0 fully saturated rings. The molecule has 0 aromatic heterocycles. The number of nitro groups is 1. The molecule has 0 amide bonds. The van der Waals surface area contributed by atoms with Gasteiger partial charge in [-0.3, -0.25) is 10.1 Å². The topological polar surface area (TPSA) is 89.3 Å². The summed E-state index contributed by atoms with van der Waals surface area (Å²) in [6.45, 7) is 1.62. The van der Waals surface area contributed by atoms with Gasteiger partial charge in [-0.15, -0.1) is 0 Å². The van der Waals surface area contributed by atoms with Gasteiger partial charge in [0, 0.05) is 11.8 Å². The number of rotatable bonds is 6. The number of halogens is 1. The lowest BCUT2D eigenvalue weighted by Crippen LogP contribution is -2.34. The maximum Gasteiger partial charge on any atom is 0.324 e. The standard InChI is InChI=1S/C10H13FN2O4S2/c1-7(6-18-2)12-19(16,17)9-5-3-4-8(11)10(9)13(14)15/h3-5,7,12H,6H2,1-2H3. The highest BCUT2D eigenvalue weighted by molar-refractivity contribution is 7.98. The molecule has 0 radical (unpaired) electrons. The first-order valence-corrected chi connectivity index (χ1v) is 8.11. The second-order valence-electron chi connectivity index (χ2n) is 3.82. The Morgan fingerprint density at radius 2 is 2.16 bits per heavy atom. The highest BCUT2D eigenvalue weighted by Gasteiger charge is 2.30. The van der Waals surface area contributed by atoms with Gasteiger partial charge in [0.1, 0.15) is 0 Å². The van der Waals surface area contributed by atoms with E-state index in [0.717, 1.165) is 18.2 Å². The van der Waals surface area contributed by atoms with E-state index in [1.165, 1.54) is 11.8 Å². The predicted octanol–water partition coefficient (Wildman–Crippen LogP) is 1.76. The molecule has 0 aliphatic rings. The molecule has 0 aliphatic carbocycles. The predicted molar refractivity (Wildman–Crippen MR) is 71.2 cm³/mol. The first-order chi connectivity index (χ1) is 8.79. The maximum atomic E-state index is 13.4. The van der Waals surface area contributed by atoms with Crippen LogP contribution in [0.25, 0.3) is 0 Å². The van der Waals surface area contributed by atoms with E-state index in [1.54, 1.807) is 13.2 Å². The van der Waals surface area contributed by atoms with Gasteiger partial charge in [0.05, 0.1) is 4.92 Å². The molecule has 0 saturated heterocycles. The minimum atomic E-state index is -4.12. The number of nitrogens with zero attached hydrogens (tertiary/aromatic N) is 1. The van der Waals surface area contributed by atoms with Gasteiger partial charge < -0.3 is 0 Å². The summed E-state index contributed by atoms with van der Waals surface area (Å²) in [5.41, 5.74) is -1.04. The van der Waals surface area contributed by atoms with Gasteiger partial charge in [-0.1, -0.05) is 6.07 Å². The molecule has 19 heavy (non-hydrogen) atoms. The van der Waals surface area contributed by atoms with Crippen molar-refractivity contribution in [2.24, 2.45) is 0 Å². The van der Waals surface area contributed by atoms with Crippen LogP contribution in [0.5, 0.6) is 0 Å². The Bertz CT molecular complexity index is 577. The summed E-state index contributed by atoms with van der Waals surface area (Å²) in [6, 6.07) is 2.57. The van der Waals surface area contributed by atoms with Crippen molar-refractivity contribution in [2.45, 2.75) is 17.9 Å². The third-order valence-corrected chi connectivity index (χ3v) is 4.65. The van der Waals surface area contributed by atoms with E-state index in [2.05, 4.69) is 4.72 Å². The molecule has 0 heterocycles. The number of nitro benzene ring substituents is 1. The Morgan fingerprint density at radius 3 is 2.68 bits per heavy atom. The van der Waals surface area contributed by atoms with Crippen LogP contribution >= 0.6 is 11.8 Å². The zero-order valence-corrected chi connectivity index (χ0v) is 11.9. The molecule has 0 saturated carbocycles. The Hall–Kier alpha value is -1.19. The van der Waals surface area contributed by atoms with E-state index in [4.69, 9.17) is 0 Å². The summed E-state index contributed by atoms with van der Waals surface area (Å²) in [7, 11) is -4.12. The molecule has 1 N–H and O–H groups in total. The lowest BCUT2D eigenvalue weighted by molar-refractivity contribution is -0.390. The largest absolute Gasteiger partial charge is 0.324 e. The fourth-order valence-corrected chi connectivity index (χ4v) is 3.62. The van der Waals surface area contributed by atoms with Crippen molar-refractivity contribution in [3.63, 3.8) is 0 Å². The van der Waals surface area contributed by atoms with Crippen LogP contribution in [-0.4, -0.2) is 31.4 Å². The average Bonchev–Trinajstić information content (AvgIpc) is 2.27. The van der Waals surface area contributed by atoms with Crippen molar-refractivity contribution in [1.82, 2.24) is 4.72 Å². The third kappa shape index (κ3) is 3.88. The van der Waals surface area contributed by atoms with E-state index in [9.17, 15) is 22.9 Å². The van der Waals surface area contributed by atoms with Crippen molar-refractivity contribution in [3.05, 3.63) is 34.1 Å². The lowest BCUT2D eigenvalue weighted by Gasteiger charge is -2.13. The molecule has 0 bridgehead atoms. The van der Waals surface area contributed by atoms with Crippen LogP contribution in [0.2, 0.25) is 0 Å². The smallest absolute Gasteiger partial charge is 0.258 e. The highest BCUT2D eigenvalue weighted by atomic mass is 32.2. The van der Waals surface area contributed by atoms with E-state index in [1.807, 2.05) is 0 Å². The van der Waals surface area contributed by atoms with Gasteiger partial charge in [-0.2, -0.15) is 16.2 Å². The fourth-order valence-electron chi connectivity index (χ4n) is 1.50. The number of sulfonamides is 1. The van der Waals surface area contributed by atoms with Gasteiger partial charge in [0.2, 0.25) is 15.8 Å².